The summed E-state index contributed by atoms with van der Waals surface area (Å²) in [5.41, 5.74) is 0. The van der Waals surface area contributed by atoms with E-state index in [2.05, 4.69) is 9.88 Å². The maximum Gasteiger partial charge on any atom is 0.345 e. The number of furan rings is 1. The Labute approximate surface area is 125 Å². The van der Waals surface area contributed by atoms with E-state index in [1.165, 1.54) is 6.20 Å². The highest BCUT2D eigenvalue weighted by molar-refractivity contribution is 7.18. The number of methoxy groups -OCH3 is 1. The zero-order valence-electron chi connectivity index (χ0n) is 11.5. The molecule has 0 radical (unpaired) electrons. The van der Waals surface area contributed by atoms with Crippen LogP contribution in [0.4, 0.5) is 10.1 Å². The van der Waals surface area contributed by atoms with Crippen LogP contribution in [0.3, 0.4) is 0 Å². The molecule has 1 aliphatic rings. The minimum Gasteiger partial charge on any atom is -0.461 e. The van der Waals surface area contributed by atoms with Crippen LogP contribution in [0.1, 0.15) is 30.4 Å². The van der Waals surface area contributed by atoms with E-state index in [1.54, 1.807) is 7.11 Å². The SMILES string of the molecule is COCc1ccc([C@H]2CCCN2c2ncc([N+](=O)[O-])s2)o1. The molecular formula is C13H15N3O4S. The highest BCUT2D eigenvalue weighted by Crippen LogP contribution is 2.40. The third-order valence-corrected chi connectivity index (χ3v) is 4.44. The average Bonchev–Trinajstić information content (AvgIpc) is 3.18. The maximum atomic E-state index is 10.8. The van der Waals surface area contributed by atoms with E-state index in [9.17, 15) is 10.1 Å². The zero-order valence-corrected chi connectivity index (χ0v) is 12.3. The molecule has 0 aliphatic carbocycles. The minimum absolute atomic E-state index is 0.0650. The van der Waals surface area contributed by atoms with Gasteiger partial charge in [-0.3, -0.25) is 10.1 Å². The third-order valence-electron chi connectivity index (χ3n) is 3.46. The van der Waals surface area contributed by atoms with Gasteiger partial charge in [-0.15, -0.1) is 0 Å². The molecule has 112 valence electrons. The predicted molar refractivity (Wildman–Crippen MR) is 77.5 cm³/mol. The number of nitrogens with zero attached hydrogens (tertiary/aromatic N) is 3. The Morgan fingerprint density at radius 2 is 2.48 bits per heavy atom. The summed E-state index contributed by atoms with van der Waals surface area (Å²) in [6, 6.07) is 3.93. The molecule has 3 rings (SSSR count). The topological polar surface area (TPSA) is 81.6 Å². The predicted octanol–water partition coefficient (Wildman–Crippen LogP) is 3.13. The van der Waals surface area contributed by atoms with Crippen molar-refractivity contribution in [3.05, 3.63) is 40.0 Å². The van der Waals surface area contributed by atoms with Crippen molar-refractivity contribution in [1.29, 1.82) is 0 Å². The molecule has 21 heavy (non-hydrogen) atoms. The lowest BCUT2D eigenvalue weighted by molar-refractivity contribution is -0.380. The molecule has 0 aromatic carbocycles. The van der Waals surface area contributed by atoms with Crippen LogP contribution in [-0.2, 0) is 11.3 Å². The van der Waals surface area contributed by atoms with Gasteiger partial charge in [-0.2, -0.15) is 0 Å². The third kappa shape index (κ3) is 2.77. The van der Waals surface area contributed by atoms with Crippen molar-refractivity contribution >= 4 is 21.5 Å². The smallest absolute Gasteiger partial charge is 0.345 e. The standard InChI is InChI=1S/C13H15N3O4S/c1-19-8-9-4-5-11(20-9)10-3-2-6-15(10)13-14-7-12(21-13)16(17)18/h4-5,7,10H,2-3,6,8H2,1H3/t10-/m1/s1. The second-order valence-corrected chi connectivity index (χ2v) is 5.81. The van der Waals surface area contributed by atoms with Gasteiger partial charge in [0.2, 0.25) is 0 Å². The van der Waals surface area contributed by atoms with Gasteiger partial charge < -0.3 is 14.1 Å². The van der Waals surface area contributed by atoms with Crippen molar-refractivity contribution in [2.75, 3.05) is 18.6 Å². The van der Waals surface area contributed by atoms with E-state index in [4.69, 9.17) is 9.15 Å². The molecule has 0 saturated carbocycles. The number of nitro groups is 1. The molecule has 0 bridgehead atoms. The monoisotopic (exact) mass is 309 g/mol. The Morgan fingerprint density at radius 1 is 1.62 bits per heavy atom. The van der Waals surface area contributed by atoms with Crippen molar-refractivity contribution in [3.63, 3.8) is 0 Å². The van der Waals surface area contributed by atoms with Crippen LogP contribution < -0.4 is 4.90 Å². The van der Waals surface area contributed by atoms with Gasteiger partial charge in [0.1, 0.15) is 24.3 Å². The number of thiazole rings is 1. The summed E-state index contributed by atoms with van der Waals surface area (Å²) in [7, 11) is 1.62. The van der Waals surface area contributed by atoms with Gasteiger partial charge in [-0.05, 0) is 36.3 Å². The van der Waals surface area contributed by atoms with Crippen LogP contribution >= 0.6 is 11.3 Å². The van der Waals surface area contributed by atoms with Crippen LogP contribution in [0.5, 0.6) is 0 Å². The molecule has 1 aliphatic heterocycles. The van der Waals surface area contributed by atoms with Crippen molar-refractivity contribution in [3.8, 4) is 0 Å². The number of aromatic nitrogens is 1. The Hall–Kier alpha value is -1.93. The van der Waals surface area contributed by atoms with Crippen LogP contribution in [-0.4, -0.2) is 23.6 Å². The quantitative estimate of drug-likeness (QED) is 0.623. The molecule has 3 heterocycles. The zero-order chi connectivity index (χ0) is 14.8. The fourth-order valence-electron chi connectivity index (χ4n) is 2.56. The Balaban J connectivity index is 1.82. The first-order valence-corrected chi connectivity index (χ1v) is 7.45. The van der Waals surface area contributed by atoms with Crippen LogP contribution in [0, 0.1) is 10.1 Å². The molecule has 8 heteroatoms. The average molecular weight is 309 g/mol. The molecular weight excluding hydrogens is 294 g/mol. The van der Waals surface area contributed by atoms with Crippen molar-refractivity contribution in [2.45, 2.75) is 25.5 Å². The van der Waals surface area contributed by atoms with Gasteiger partial charge in [0, 0.05) is 13.7 Å². The lowest BCUT2D eigenvalue weighted by Gasteiger charge is -2.21. The van der Waals surface area contributed by atoms with Gasteiger partial charge >= 0.3 is 5.00 Å². The normalized spacial score (nSPS) is 18.3. The van der Waals surface area contributed by atoms with Crippen molar-refractivity contribution in [2.24, 2.45) is 0 Å². The van der Waals surface area contributed by atoms with Gasteiger partial charge in [-0.25, -0.2) is 4.98 Å². The summed E-state index contributed by atoms with van der Waals surface area (Å²) in [5.74, 6) is 1.64. The summed E-state index contributed by atoms with van der Waals surface area (Å²) in [6.07, 6.45) is 3.28. The molecule has 0 spiro atoms. The van der Waals surface area contributed by atoms with E-state index >= 15 is 0 Å². The lowest BCUT2D eigenvalue weighted by atomic mass is 10.2. The summed E-state index contributed by atoms with van der Waals surface area (Å²) in [4.78, 5) is 16.6. The van der Waals surface area contributed by atoms with Crippen LogP contribution in [0.25, 0.3) is 0 Å². The molecule has 0 amide bonds. The number of rotatable bonds is 5. The highest BCUT2D eigenvalue weighted by atomic mass is 32.1. The Bertz CT molecular complexity index is 639. The molecule has 1 atom stereocenters. The Morgan fingerprint density at radius 3 is 3.19 bits per heavy atom. The number of hydrogen-bond donors (Lipinski definition) is 0. The first-order valence-electron chi connectivity index (χ1n) is 6.63. The highest BCUT2D eigenvalue weighted by Gasteiger charge is 2.31. The fraction of sp³-hybridized carbons (Fsp3) is 0.462. The molecule has 7 nitrogen and oxygen atoms in total. The van der Waals surface area contributed by atoms with E-state index in [0.717, 1.165) is 42.2 Å². The first kappa shape index (κ1) is 14.0. The van der Waals surface area contributed by atoms with E-state index in [1.807, 2.05) is 12.1 Å². The summed E-state index contributed by atoms with van der Waals surface area (Å²) < 4.78 is 10.8. The van der Waals surface area contributed by atoms with Crippen molar-refractivity contribution < 1.29 is 14.1 Å². The number of hydrogen-bond acceptors (Lipinski definition) is 7. The summed E-state index contributed by atoms with van der Waals surface area (Å²) in [5, 5.41) is 11.5. The Kier molecular flexibility index (Phi) is 3.89. The number of ether oxygens (including phenoxy) is 1. The molecule has 2 aromatic heterocycles. The second kappa shape index (κ2) is 5.82. The second-order valence-electron chi connectivity index (χ2n) is 4.83. The molecule has 0 N–H and O–H groups in total. The van der Waals surface area contributed by atoms with E-state index in [-0.39, 0.29) is 11.0 Å². The van der Waals surface area contributed by atoms with Gasteiger partial charge in [0.05, 0.1) is 11.0 Å². The minimum atomic E-state index is -0.407. The largest absolute Gasteiger partial charge is 0.461 e. The first-order chi connectivity index (χ1) is 10.2. The molecule has 1 fully saturated rings. The van der Waals surface area contributed by atoms with Crippen LogP contribution in [0.2, 0.25) is 0 Å². The van der Waals surface area contributed by atoms with E-state index in [0.29, 0.717) is 11.7 Å². The van der Waals surface area contributed by atoms with Gasteiger partial charge in [-0.1, -0.05) is 0 Å². The molecule has 2 aromatic rings. The van der Waals surface area contributed by atoms with Gasteiger partial charge in [0.15, 0.2) is 5.13 Å². The fourth-order valence-corrected chi connectivity index (χ4v) is 3.37. The maximum absolute atomic E-state index is 10.8. The van der Waals surface area contributed by atoms with E-state index < -0.39 is 4.92 Å². The number of anilines is 1. The summed E-state index contributed by atoms with van der Waals surface area (Å²) >= 11 is 1.10. The van der Waals surface area contributed by atoms with Crippen LogP contribution in [0.15, 0.2) is 22.7 Å². The molecule has 0 unspecified atom stereocenters. The van der Waals surface area contributed by atoms with Crippen molar-refractivity contribution in [1.82, 2.24) is 4.98 Å². The molecule has 1 saturated heterocycles. The summed E-state index contributed by atoms with van der Waals surface area (Å²) in [6.45, 7) is 1.27. The lowest BCUT2D eigenvalue weighted by Crippen LogP contribution is -2.21. The van der Waals surface area contributed by atoms with Gasteiger partial charge in [0.25, 0.3) is 0 Å².